The molecule has 0 amide bonds. The predicted molar refractivity (Wildman–Crippen MR) is 59.5 cm³/mol. The topological polar surface area (TPSA) is 70.2 Å². The van der Waals surface area contributed by atoms with Crippen molar-refractivity contribution in [2.24, 2.45) is 0 Å². The zero-order valence-electron chi connectivity index (χ0n) is 9.86. The summed E-state index contributed by atoms with van der Waals surface area (Å²) >= 11 is 0. The van der Waals surface area contributed by atoms with Crippen LogP contribution in [0, 0.1) is 0 Å². The third-order valence-corrected chi connectivity index (χ3v) is 1.98. The summed E-state index contributed by atoms with van der Waals surface area (Å²) in [6, 6.07) is 7.89. The van der Waals surface area contributed by atoms with Crippen LogP contribution in [0.15, 0.2) is 35.1 Å². The molecule has 0 saturated carbocycles. The number of H-pyrrole nitrogens is 1. The Labute approximate surface area is 118 Å². The van der Waals surface area contributed by atoms with Gasteiger partial charge in [-0.15, -0.1) is 0 Å². The molecule has 74 valence electrons. The van der Waals surface area contributed by atoms with E-state index in [2.05, 4.69) is 4.98 Å². The summed E-state index contributed by atoms with van der Waals surface area (Å²) in [5.41, 5.74) is 0.169. The van der Waals surface area contributed by atoms with Gasteiger partial charge < -0.3 is 12.9 Å². The first-order chi connectivity index (χ1) is 6.68. The number of rotatable bonds is 1. The Kier molecular flexibility index (Phi) is 3.90. The first-order valence-corrected chi connectivity index (χ1v) is 4.04. The van der Waals surface area contributed by atoms with Gasteiger partial charge in [0.2, 0.25) is 5.56 Å². The molecule has 2 aromatic rings. The fourth-order valence-corrected chi connectivity index (χ4v) is 1.38. The van der Waals surface area contributed by atoms with Gasteiger partial charge in [-0.05, 0) is 6.07 Å². The maximum Gasteiger partial charge on any atom is 2.00 e. The predicted octanol–water partition coefficient (Wildman–Crippen LogP) is 1.07. The average Bonchev–Trinajstić information content (AvgIpc) is 2.16. The number of hydrogen-bond acceptors (Lipinski definition) is 2. The number of fused-ring (bicyclic) bond motifs is 1. The largest absolute Gasteiger partial charge is 2.00 e. The Morgan fingerprint density at radius 1 is 1.33 bits per heavy atom. The van der Waals surface area contributed by atoms with Crippen LogP contribution in [-0.2, 0) is 0 Å². The summed E-state index contributed by atoms with van der Waals surface area (Å²) in [4.78, 5) is 24.5. The van der Waals surface area contributed by atoms with E-state index in [4.69, 9.17) is 5.11 Å². The molecule has 4 nitrogen and oxygen atoms in total. The fraction of sp³-hybridized carbons (Fsp3) is 0. The van der Waals surface area contributed by atoms with Crippen LogP contribution >= 0.6 is 0 Å². The Balaban J connectivity index is 0. The Hall–Kier alpha value is -0.840. The van der Waals surface area contributed by atoms with Crippen molar-refractivity contribution in [3.63, 3.8) is 0 Å². The fourth-order valence-electron chi connectivity index (χ4n) is 1.38. The second-order valence-corrected chi connectivity index (χ2v) is 2.90. The van der Waals surface area contributed by atoms with E-state index in [1.165, 1.54) is 0 Å². The molecular formula is C10H9CaNO3. The standard InChI is InChI=1S/C10H7NO3.Ca.2H/c12-9-5-7(10(13)14)6-3-1-2-4-8(6)11-9;;;/h1-5H,(H,11,12)(H,13,14);;;/q;+2;2*-1. The van der Waals surface area contributed by atoms with E-state index in [1.807, 2.05) is 0 Å². The molecule has 0 radical (unpaired) electrons. The van der Waals surface area contributed by atoms with Crippen molar-refractivity contribution in [1.29, 1.82) is 0 Å². The second-order valence-electron chi connectivity index (χ2n) is 2.90. The van der Waals surface area contributed by atoms with Gasteiger partial charge in [0.1, 0.15) is 0 Å². The first-order valence-electron chi connectivity index (χ1n) is 4.04. The molecule has 1 aromatic heterocycles. The zero-order valence-corrected chi connectivity index (χ0v) is 10.1. The van der Waals surface area contributed by atoms with Crippen LogP contribution in [0.1, 0.15) is 13.2 Å². The van der Waals surface area contributed by atoms with E-state index < -0.39 is 11.5 Å². The van der Waals surface area contributed by atoms with E-state index in [1.54, 1.807) is 24.3 Å². The number of carboxylic acids is 1. The third-order valence-electron chi connectivity index (χ3n) is 1.98. The number of pyridine rings is 1. The minimum Gasteiger partial charge on any atom is -1.00 e. The summed E-state index contributed by atoms with van der Waals surface area (Å²) in [7, 11) is 0. The third kappa shape index (κ3) is 2.39. The first kappa shape index (κ1) is 12.2. The van der Waals surface area contributed by atoms with Crippen molar-refractivity contribution in [1.82, 2.24) is 4.98 Å². The van der Waals surface area contributed by atoms with Gasteiger partial charge in [0, 0.05) is 17.0 Å². The molecule has 0 saturated heterocycles. The summed E-state index contributed by atoms with van der Waals surface area (Å²) in [5, 5.41) is 9.40. The van der Waals surface area contributed by atoms with Crippen LogP contribution < -0.4 is 5.56 Å². The average molecular weight is 231 g/mol. The van der Waals surface area contributed by atoms with Crippen molar-refractivity contribution in [3.05, 3.63) is 46.2 Å². The molecule has 0 aliphatic rings. The van der Waals surface area contributed by atoms with E-state index in [0.717, 1.165) is 6.07 Å². The molecule has 0 atom stereocenters. The van der Waals surface area contributed by atoms with E-state index in [-0.39, 0.29) is 46.2 Å². The molecule has 5 heteroatoms. The summed E-state index contributed by atoms with van der Waals surface area (Å²) in [5.74, 6) is -1.09. The smallest absolute Gasteiger partial charge is 1.00 e. The van der Waals surface area contributed by atoms with Gasteiger partial charge >= 0.3 is 43.7 Å². The van der Waals surface area contributed by atoms with Crippen molar-refractivity contribution in [2.75, 3.05) is 0 Å². The Morgan fingerprint density at radius 2 is 2.00 bits per heavy atom. The minimum absolute atomic E-state index is 0. The van der Waals surface area contributed by atoms with Gasteiger partial charge in [0.25, 0.3) is 0 Å². The number of hydrogen-bond donors (Lipinski definition) is 2. The number of aromatic carboxylic acids is 1. The normalized spacial score (nSPS) is 9.60. The quantitative estimate of drug-likeness (QED) is 0.721. The molecule has 15 heavy (non-hydrogen) atoms. The van der Waals surface area contributed by atoms with Gasteiger partial charge in [-0.25, -0.2) is 4.79 Å². The summed E-state index contributed by atoms with van der Waals surface area (Å²) in [6.07, 6.45) is 0. The van der Waals surface area contributed by atoms with Crippen LogP contribution in [0.2, 0.25) is 0 Å². The van der Waals surface area contributed by atoms with Gasteiger partial charge in [-0.1, -0.05) is 18.2 Å². The number of benzene rings is 1. The number of nitrogens with one attached hydrogen (secondary N) is 1. The monoisotopic (exact) mass is 231 g/mol. The minimum atomic E-state index is -1.09. The molecule has 0 aliphatic carbocycles. The van der Waals surface area contributed by atoms with Crippen LogP contribution in [0.5, 0.6) is 0 Å². The van der Waals surface area contributed by atoms with Crippen LogP contribution in [0.25, 0.3) is 10.9 Å². The number of aromatic nitrogens is 1. The van der Waals surface area contributed by atoms with Crippen LogP contribution in [-0.4, -0.2) is 53.8 Å². The van der Waals surface area contributed by atoms with Crippen molar-refractivity contribution < 1.29 is 12.8 Å². The zero-order chi connectivity index (χ0) is 10.1. The van der Waals surface area contributed by atoms with Gasteiger partial charge in [0.15, 0.2) is 0 Å². The maximum absolute atomic E-state index is 11.1. The summed E-state index contributed by atoms with van der Waals surface area (Å²) in [6.45, 7) is 0. The van der Waals surface area contributed by atoms with Crippen molar-refractivity contribution in [2.45, 2.75) is 0 Å². The number of carboxylic acid groups (broad SMARTS) is 1. The molecule has 1 heterocycles. The molecule has 0 spiro atoms. The molecular weight excluding hydrogens is 222 g/mol. The second kappa shape index (κ2) is 4.79. The van der Waals surface area contributed by atoms with Crippen LogP contribution in [0.3, 0.4) is 0 Å². The molecule has 2 rings (SSSR count). The number of para-hydroxylation sites is 1. The van der Waals surface area contributed by atoms with Crippen LogP contribution in [0.4, 0.5) is 0 Å². The number of carbonyl (C=O) groups is 1. The molecule has 0 unspecified atom stereocenters. The van der Waals surface area contributed by atoms with E-state index in [9.17, 15) is 9.59 Å². The van der Waals surface area contributed by atoms with Crippen molar-refractivity contribution in [3.8, 4) is 0 Å². The van der Waals surface area contributed by atoms with Gasteiger partial charge in [-0.2, -0.15) is 0 Å². The Bertz CT molecular complexity index is 571. The molecule has 1 aromatic carbocycles. The number of aromatic amines is 1. The van der Waals surface area contributed by atoms with E-state index in [0.29, 0.717) is 10.9 Å². The maximum atomic E-state index is 11.1. The molecule has 0 bridgehead atoms. The van der Waals surface area contributed by atoms with Gasteiger partial charge in [0.05, 0.1) is 5.56 Å². The van der Waals surface area contributed by atoms with Crippen molar-refractivity contribution >= 4 is 54.6 Å². The Morgan fingerprint density at radius 3 is 2.67 bits per heavy atom. The SMILES string of the molecule is O=C(O)c1cc(=O)[nH]c2ccccc12.[Ca+2].[H-].[H-]. The van der Waals surface area contributed by atoms with Gasteiger partial charge in [-0.3, -0.25) is 4.79 Å². The molecule has 2 N–H and O–H groups in total. The van der Waals surface area contributed by atoms with E-state index >= 15 is 0 Å². The summed E-state index contributed by atoms with van der Waals surface area (Å²) < 4.78 is 0. The molecule has 0 fully saturated rings. The molecule has 0 aliphatic heterocycles.